The van der Waals surface area contributed by atoms with E-state index in [0.29, 0.717) is 0 Å². The van der Waals surface area contributed by atoms with Crippen LogP contribution in [0.3, 0.4) is 0 Å². The highest BCUT2D eigenvalue weighted by atomic mass is 16.6. The van der Waals surface area contributed by atoms with E-state index < -0.39 is 5.60 Å². The van der Waals surface area contributed by atoms with Gasteiger partial charge >= 0.3 is 5.97 Å². The highest BCUT2D eigenvalue weighted by Crippen LogP contribution is 2.14. The van der Waals surface area contributed by atoms with Gasteiger partial charge in [-0.3, -0.25) is 4.79 Å². The van der Waals surface area contributed by atoms with Gasteiger partial charge in [-0.2, -0.15) is 0 Å². The normalized spacial score (nSPS) is 14.8. The number of esters is 1. The SMILES string of the molecule is C[C@@H](NCc1ccccc1)[C@@H](C)C(=O)OC(C)(C)C. The smallest absolute Gasteiger partial charge is 0.310 e. The number of nitrogens with one attached hydrogen (secondary N) is 1. The van der Waals surface area contributed by atoms with E-state index >= 15 is 0 Å². The molecule has 0 aromatic heterocycles. The molecule has 1 rings (SSSR count). The van der Waals surface area contributed by atoms with Gasteiger partial charge in [0.25, 0.3) is 0 Å². The lowest BCUT2D eigenvalue weighted by Gasteiger charge is -2.25. The fraction of sp³-hybridized carbons (Fsp3) is 0.562. The van der Waals surface area contributed by atoms with E-state index in [2.05, 4.69) is 17.4 Å². The first-order chi connectivity index (χ1) is 8.79. The molecule has 0 aliphatic rings. The maximum atomic E-state index is 11.9. The molecular weight excluding hydrogens is 238 g/mol. The van der Waals surface area contributed by atoms with Crippen molar-refractivity contribution in [3.05, 3.63) is 35.9 Å². The summed E-state index contributed by atoms with van der Waals surface area (Å²) in [6, 6.07) is 10.2. The predicted octanol–water partition coefficient (Wildman–Crippen LogP) is 3.14. The molecule has 0 amide bonds. The van der Waals surface area contributed by atoms with Gasteiger partial charge in [-0.25, -0.2) is 0 Å². The molecule has 1 N–H and O–H groups in total. The molecule has 0 spiro atoms. The Morgan fingerprint density at radius 3 is 2.32 bits per heavy atom. The summed E-state index contributed by atoms with van der Waals surface area (Å²) in [6.07, 6.45) is 0. The van der Waals surface area contributed by atoms with Crippen LogP contribution >= 0.6 is 0 Å². The Morgan fingerprint density at radius 1 is 1.21 bits per heavy atom. The quantitative estimate of drug-likeness (QED) is 0.829. The first kappa shape index (κ1) is 15.7. The molecule has 19 heavy (non-hydrogen) atoms. The van der Waals surface area contributed by atoms with Crippen LogP contribution in [0.2, 0.25) is 0 Å². The van der Waals surface area contributed by atoms with Gasteiger partial charge in [0.05, 0.1) is 5.92 Å². The monoisotopic (exact) mass is 263 g/mol. The molecule has 0 unspecified atom stereocenters. The number of benzene rings is 1. The second-order valence-corrected chi connectivity index (χ2v) is 5.98. The van der Waals surface area contributed by atoms with Crippen LogP contribution in [-0.4, -0.2) is 17.6 Å². The van der Waals surface area contributed by atoms with Crippen molar-refractivity contribution in [1.82, 2.24) is 5.32 Å². The minimum absolute atomic E-state index is 0.0788. The third kappa shape index (κ3) is 5.88. The van der Waals surface area contributed by atoms with Crippen molar-refractivity contribution < 1.29 is 9.53 Å². The molecule has 0 aliphatic heterocycles. The number of carbonyl (C=O) groups is 1. The molecule has 2 atom stereocenters. The molecule has 0 bridgehead atoms. The van der Waals surface area contributed by atoms with Crippen LogP contribution in [0.25, 0.3) is 0 Å². The van der Waals surface area contributed by atoms with Gasteiger partial charge in [0.2, 0.25) is 0 Å². The van der Waals surface area contributed by atoms with Crippen molar-refractivity contribution in [1.29, 1.82) is 0 Å². The van der Waals surface area contributed by atoms with Crippen molar-refractivity contribution in [3.63, 3.8) is 0 Å². The number of carbonyl (C=O) groups excluding carboxylic acids is 1. The number of ether oxygens (including phenoxy) is 1. The Hall–Kier alpha value is -1.35. The maximum absolute atomic E-state index is 11.9. The average Bonchev–Trinajstić information content (AvgIpc) is 2.34. The summed E-state index contributed by atoms with van der Waals surface area (Å²) in [6.45, 7) is 10.3. The van der Waals surface area contributed by atoms with E-state index in [0.717, 1.165) is 6.54 Å². The molecule has 0 saturated carbocycles. The fourth-order valence-corrected chi connectivity index (χ4v) is 1.65. The summed E-state index contributed by atoms with van der Waals surface area (Å²) in [4.78, 5) is 11.9. The third-order valence-electron chi connectivity index (χ3n) is 3.00. The van der Waals surface area contributed by atoms with Gasteiger partial charge in [0, 0.05) is 12.6 Å². The van der Waals surface area contributed by atoms with Crippen LogP contribution in [-0.2, 0) is 16.1 Å². The van der Waals surface area contributed by atoms with Crippen molar-refractivity contribution in [2.24, 2.45) is 5.92 Å². The molecular formula is C16H25NO2. The summed E-state index contributed by atoms with van der Waals surface area (Å²) in [5.74, 6) is -0.316. The van der Waals surface area contributed by atoms with Crippen molar-refractivity contribution in [3.8, 4) is 0 Å². The Labute approximate surface area is 116 Å². The minimum Gasteiger partial charge on any atom is -0.460 e. The van der Waals surface area contributed by atoms with Gasteiger partial charge in [-0.15, -0.1) is 0 Å². The Kier molecular flexibility index (Phi) is 5.55. The van der Waals surface area contributed by atoms with Crippen molar-refractivity contribution >= 4 is 5.97 Å². The number of hydrogen-bond acceptors (Lipinski definition) is 3. The van der Waals surface area contributed by atoms with Crippen LogP contribution in [0.15, 0.2) is 30.3 Å². The zero-order valence-electron chi connectivity index (χ0n) is 12.6. The lowest BCUT2D eigenvalue weighted by molar-refractivity contribution is -0.160. The average molecular weight is 263 g/mol. The third-order valence-corrected chi connectivity index (χ3v) is 3.00. The standard InChI is InChI=1S/C16H25NO2/c1-12(15(18)19-16(3,4)5)13(2)17-11-14-9-7-6-8-10-14/h6-10,12-13,17H,11H2,1-5H3/t12-,13-/m1/s1. The van der Waals surface area contributed by atoms with Crippen molar-refractivity contribution in [2.45, 2.75) is 52.8 Å². The van der Waals surface area contributed by atoms with Gasteiger partial charge in [0.15, 0.2) is 0 Å². The molecule has 0 radical (unpaired) electrons. The van der Waals surface area contributed by atoms with E-state index in [1.54, 1.807) is 0 Å². The minimum atomic E-state index is -0.426. The van der Waals surface area contributed by atoms with Crippen LogP contribution in [0.4, 0.5) is 0 Å². The molecule has 0 fully saturated rings. The van der Waals surface area contributed by atoms with E-state index in [1.165, 1.54) is 5.56 Å². The molecule has 0 heterocycles. The van der Waals surface area contributed by atoms with Crippen LogP contribution < -0.4 is 5.32 Å². The highest BCUT2D eigenvalue weighted by Gasteiger charge is 2.25. The zero-order chi connectivity index (χ0) is 14.5. The number of hydrogen-bond donors (Lipinski definition) is 1. The summed E-state index contributed by atoms with van der Waals surface area (Å²) >= 11 is 0. The molecule has 1 aromatic carbocycles. The topological polar surface area (TPSA) is 38.3 Å². The van der Waals surface area contributed by atoms with Crippen molar-refractivity contribution in [2.75, 3.05) is 0 Å². The Balaban J connectivity index is 2.44. The van der Waals surface area contributed by atoms with Crippen LogP contribution in [0.5, 0.6) is 0 Å². The molecule has 1 aromatic rings. The maximum Gasteiger partial charge on any atom is 0.310 e. The first-order valence-electron chi connectivity index (χ1n) is 6.80. The molecule has 0 aliphatic carbocycles. The molecule has 0 saturated heterocycles. The van der Waals surface area contributed by atoms with Crippen LogP contribution in [0, 0.1) is 5.92 Å². The molecule has 106 valence electrons. The van der Waals surface area contributed by atoms with E-state index in [1.807, 2.05) is 52.8 Å². The second kappa shape index (κ2) is 6.71. The van der Waals surface area contributed by atoms with E-state index in [9.17, 15) is 4.79 Å². The predicted molar refractivity (Wildman–Crippen MR) is 77.8 cm³/mol. The summed E-state index contributed by atoms with van der Waals surface area (Å²) in [5, 5.41) is 3.36. The van der Waals surface area contributed by atoms with Gasteiger partial charge in [-0.1, -0.05) is 37.3 Å². The summed E-state index contributed by atoms with van der Waals surface area (Å²) < 4.78 is 5.39. The molecule has 3 nitrogen and oxygen atoms in total. The Morgan fingerprint density at radius 2 is 1.79 bits per heavy atom. The lowest BCUT2D eigenvalue weighted by Crippen LogP contribution is -2.39. The molecule has 3 heteroatoms. The lowest BCUT2D eigenvalue weighted by atomic mass is 10.0. The highest BCUT2D eigenvalue weighted by molar-refractivity contribution is 5.73. The van der Waals surface area contributed by atoms with Gasteiger partial charge in [0.1, 0.15) is 5.60 Å². The first-order valence-corrected chi connectivity index (χ1v) is 6.80. The number of rotatable bonds is 5. The Bertz CT molecular complexity index is 395. The van der Waals surface area contributed by atoms with E-state index in [-0.39, 0.29) is 17.9 Å². The second-order valence-electron chi connectivity index (χ2n) is 5.98. The van der Waals surface area contributed by atoms with Gasteiger partial charge < -0.3 is 10.1 Å². The zero-order valence-corrected chi connectivity index (χ0v) is 12.6. The largest absolute Gasteiger partial charge is 0.460 e. The van der Waals surface area contributed by atoms with Gasteiger partial charge in [-0.05, 0) is 33.3 Å². The fourth-order valence-electron chi connectivity index (χ4n) is 1.65. The summed E-state index contributed by atoms with van der Waals surface area (Å²) in [5.41, 5.74) is 0.788. The van der Waals surface area contributed by atoms with E-state index in [4.69, 9.17) is 4.74 Å². The summed E-state index contributed by atoms with van der Waals surface area (Å²) in [7, 11) is 0. The van der Waals surface area contributed by atoms with Crippen LogP contribution in [0.1, 0.15) is 40.2 Å².